The van der Waals surface area contributed by atoms with Crippen LogP contribution in [0.5, 0.6) is 0 Å². The van der Waals surface area contributed by atoms with E-state index < -0.39 is 0 Å². The van der Waals surface area contributed by atoms with Crippen molar-refractivity contribution in [2.75, 3.05) is 28.2 Å². The molecule has 0 radical (unpaired) electrons. The Kier molecular flexibility index (Phi) is 4.10. The molecule has 0 N–H and O–H groups in total. The number of rotatable bonds is 4. The van der Waals surface area contributed by atoms with E-state index in [1.807, 2.05) is 11.6 Å². The number of benzene rings is 1. The molecule has 0 atom stereocenters. The van der Waals surface area contributed by atoms with Crippen molar-refractivity contribution in [2.24, 2.45) is 0 Å². The number of quaternary nitrogens is 1. The third kappa shape index (κ3) is 4.31. The zero-order chi connectivity index (χ0) is 13.2. The molecular formula is C15H26N2+2. The van der Waals surface area contributed by atoms with Crippen molar-refractivity contribution in [1.29, 1.82) is 0 Å². The van der Waals surface area contributed by atoms with Gasteiger partial charge in [0.25, 0.3) is 0 Å². The molecule has 0 amide bonds. The van der Waals surface area contributed by atoms with Crippen LogP contribution in [0.3, 0.4) is 0 Å². The van der Waals surface area contributed by atoms with Gasteiger partial charge in [-0.25, -0.2) is 4.58 Å². The zero-order valence-electron chi connectivity index (χ0n) is 12.2. The highest BCUT2D eigenvalue weighted by Crippen LogP contribution is 2.19. The van der Waals surface area contributed by atoms with Gasteiger partial charge in [-0.05, 0) is 37.1 Å². The van der Waals surface area contributed by atoms with Gasteiger partial charge in [0.1, 0.15) is 20.3 Å². The van der Waals surface area contributed by atoms with Gasteiger partial charge in [-0.3, -0.25) is 0 Å². The Morgan fingerprint density at radius 2 is 1.53 bits per heavy atom. The van der Waals surface area contributed by atoms with Crippen molar-refractivity contribution >= 4 is 6.72 Å². The molecular weight excluding hydrogens is 208 g/mol. The lowest BCUT2D eigenvalue weighted by molar-refractivity contribution is -0.884. The summed E-state index contributed by atoms with van der Waals surface area (Å²) in [4.78, 5) is 0. The Morgan fingerprint density at radius 3 is 2.00 bits per heavy atom. The van der Waals surface area contributed by atoms with Crippen LogP contribution in [-0.4, -0.2) is 44.0 Å². The summed E-state index contributed by atoms with van der Waals surface area (Å²) in [7, 11) is 8.69. The van der Waals surface area contributed by atoms with Crippen LogP contribution in [-0.2, 0) is 13.1 Å². The fraction of sp³-hybridized carbons (Fsp3) is 0.533. The monoisotopic (exact) mass is 234 g/mol. The van der Waals surface area contributed by atoms with E-state index in [0.29, 0.717) is 0 Å². The molecule has 0 heterocycles. The Bertz CT molecular complexity index is 425. The predicted octanol–water partition coefficient (Wildman–Crippen LogP) is 2.35. The molecule has 0 aliphatic rings. The first-order valence-electron chi connectivity index (χ1n) is 6.10. The van der Waals surface area contributed by atoms with E-state index in [4.69, 9.17) is 0 Å². The molecule has 0 saturated carbocycles. The van der Waals surface area contributed by atoms with Gasteiger partial charge in [-0.2, -0.15) is 0 Å². The van der Waals surface area contributed by atoms with Gasteiger partial charge >= 0.3 is 0 Å². The van der Waals surface area contributed by atoms with Crippen LogP contribution in [0.25, 0.3) is 0 Å². The van der Waals surface area contributed by atoms with Crippen molar-refractivity contribution in [3.8, 4) is 0 Å². The van der Waals surface area contributed by atoms with Crippen LogP contribution >= 0.6 is 0 Å². The minimum atomic E-state index is 0.914. The number of nitrogens with zero attached hydrogens (tertiary/aromatic N) is 2. The van der Waals surface area contributed by atoms with Gasteiger partial charge in [-0.1, -0.05) is 0 Å². The summed E-state index contributed by atoms with van der Waals surface area (Å²) < 4.78 is 2.94. The second-order valence-corrected chi connectivity index (χ2v) is 6.17. The van der Waals surface area contributed by atoms with Gasteiger partial charge in [0.2, 0.25) is 0 Å². The fourth-order valence-corrected chi connectivity index (χ4v) is 2.08. The van der Waals surface area contributed by atoms with Gasteiger partial charge in [0.05, 0.1) is 21.1 Å². The smallest absolute Gasteiger partial charge is 0.167 e. The van der Waals surface area contributed by atoms with Crippen molar-refractivity contribution in [2.45, 2.75) is 26.9 Å². The highest BCUT2D eigenvalue weighted by Gasteiger charge is 2.13. The molecule has 0 aliphatic carbocycles. The normalized spacial score (nSPS) is 11.6. The quantitative estimate of drug-likeness (QED) is 0.427. The summed E-state index contributed by atoms with van der Waals surface area (Å²) in [6, 6.07) is 4.64. The Morgan fingerprint density at radius 1 is 1.06 bits per heavy atom. The van der Waals surface area contributed by atoms with Crippen molar-refractivity contribution in [3.63, 3.8) is 0 Å². The summed E-state index contributed by atoms with van der Waals surface area (Å²) in [6.45, 7) is 10.3. The highest BCUT2D eigenvalue weighted by molar-refractivity contribution is 5.36. The van der Waals surface area contributed by atoms with Gasteiger partial charge in [0, 0.05) is 11.1 Å². The Balaban J connectivity index is 3.05. The standard InChI is InChI=1S/C15H26N2/c1-12-9-15(11-17(5,6)7)13(2)8-14(12)10-16(3)4/h8-9H,3,10-11H2,1-2,4-7H3/q+2. The van der Waals surface area contributed by atoms with Gasteiger partial charge in [-0.15, -0.1) is 0 Å². The lowest BCUT2D eigenvalue weighted by Crippen LogP contribution is -2.33. The molecule has 0 aromatic heterocycles. The average molecular weight is 234 g/mol. The van der Waals surface area contributed by atoms with Crippen LogP contribution in [0.15, 0.2) is 12.1 Å². The Labute approximate surface area is 106 Å². The molecule has 0 unspecified atom stereocenters. The first-order valence-corrected chi connectivity index (χ1v) is 6.10. The first kappa shape index (κ1) is 13.9. The highest BCUT2D eigenvalue weighted by atomic mass is 15.3. The minimum absolute atomic E-state index is 0.914. The number of aryl methyl sites for hydroxylation is 2. The molecule has 1 rings (SSSR count). The van der Waals surface area contributed by atoms with Crippen molar-refractivity contribution < 1.29 is 9.06 Å². The Hall–Kier alpha value is -1.15. The molecule has 0 spiro atoms. The molecule has 0 bridgehead atoms. The van der Waals surface area contributed by atoms with Crippen LogP contribution < -0.4 is 0 Å². The van der Waals surface area contributed by atoms with Gasteiger partial charge in [0.15, 0.2) is 6.54 Å². The lowest BCUT2D eigenvalue weighted by Gasteiger charge is -2.25. The SMILES string of the molecule is C=[N+](C)Cc1cc(C)c(C[N+](C)(C)C)cc1C. The fourth-order valence-electron chi connectivity index (χ4n) is 2.08. The van der Waals surface area contributed by atoms with Crippen LogP contribution in [0.2, 0.25) is 0 Å². The van der Waals surface area contributed by atoms with Crippen LogP contribution in [0.4, 0.5) is 0 Å². The largest absolute Gasteiger partial charge is 0.327 e. The molecule has 94 valence electrons. The molecule has 0 saturated heterocycles. The molecule has 2 nitrogen and oxygen atoms in total. The van der Waals surface area contributed by atoms with Gasteiger partial charge < -0.3 is 4.48 Å². The lowest BCUT2D eigenvalue weighted by atomic mass is 9.99. The zero-order valence-corrected chi connectivity index (χ0v) is 12.2. The maximum absolute atomic E-state index is 3.92. The summed E-state index contributed by atoms with van der Waals surface area (Å²) >= 11 is 0. The summed E-state index contributed by atoms with van der Waals surface area (Å²) in [5.41, 5.74) is 5.59. The maximum Gasteiger partial charge on any atom is 0.167 e. The first-order chi connectivity index (χ1) is 7.69. The average Bonchev–Trinajstić information content (AvgIpc) is 2.10. The van der Waals surface area contributed by atoms with E-state index in [9.17, 15) is 0 Å². The summed E-state index contributed by atoms with van der Waals surface area (Å²) in [5.74, 6) is 0. The summed E-state index contributed by atoms with van der Waals surface area (Å²) in [6.07, 6.45) is 0. The molecule has 0 aliphatic heterocycles. The molecule has 2 heteroatoms. The van der Waals surface area contributed by atoms with E-state index in [0.717, 1.165) is 17.6 Å². The van der Waals surface area contributed by atoms with E-state index in [2.05, 4.69) is 53.8 Å². The predicted molar refractivity (Wildman–Crippen MR) is 74.7 cm³/mol. The number of hydrogen-bond donors (Lipinski definition) is 0. The third-order valence-corrected chi connectivity index (χ3v) is 2.88. The second kappa shape index (κ2) is 5.01. The van der Waals surface area contributed by atoms with E-state index in [1.165, 1.54) is 22.3 Å². The number of hydrogen-bond acceptors (Lipinski definition) is 0. The van der Waals surface area contributed by atoms with E-state index in [1.54, 1.807) is 0 Å². The molecule has 17 heavy (non-hydrogen) atoms. The molecule has 0 fully saturated rings. The minimum Gasteiger partial charge on any atom is -0.327 e. The van der Waals surface area contributed by atoms with Crippen LogP contribution in [0.1, 0.15) is 22.3 Å². The molecule has 1 aromatic rings. The van der Waals surface area contributed by atoms with Crippen molar-refractivity contribution in [1.82, 2.24) is 0 Å². The van der Waals surface area contributed by atoms with Crippen molar-refractivity contribution in [3.05, 3.63) is 34.4 Å². The second-order valence-electron chi connectivity index (χ2n) is 6.17. The van der Waals surface area contributed by atoms with E-state index >= 15 is 0 Å². The maximum atomic E-state index is 3.92. The third-order valence-electron chi connectivity index (χ3n) is 2.88. The topological polar surface area (TPSA) is 3.01 Å². The summed E-state index contributed by atoms with van der Waals surface area (Å²) in [5, 5.41) is 0. The van der Waals surface area contributed by atoms with Crippen LogP contribution in [0, 0.1) is 13.8 Å². The van der Waals surface area contributed by atoms with E-state index in [-0.39, 0.29) is 0 Å². The molecule has 1 aromatic carbocycles.